The van der Waals surface area contributed by atoms with Crippen molar-refractivity contribution in [1.82, 2.24) is 0 Å². The van der Waals surface area contributed by atoms with Crippen LogP contribution in [0, 0.1) is 0 Å². The molecular formula is C9H10INO2. The van der Waals surface area contributed by atoms with E-state index in [0.717, 1.165) is 5.56 Å². The van der Waals surface area contributed by atoms with E-state index in [9.17, 15) is 4.79 Å². The Bertz CT molecular complexity index is 314. The summed E-state index contributed by atoms with van der Waals surface area (Å²) >= 11 is 2.14. The molecule has 0 aliphatic heterocycles. The number of hydrogen-bond donors (Lipinski definition) is 1. The van der Waals surface area contributed by atoms with Gasteiger partial charge in [-0.05, 0) is 40.3 Å². The van der Waals surface area contributed by atoms with Gasteiger partial charge in [-0.15, -0.1) is 0 Å². The Balaban J connectivity index is 2.98. The summed E-state index contributed by atoms with van der Waals surface area (Å²) in [6.07, 6.45) is 0. The molecule has 0 bridgehead atoms. The van der Waals surface area contributed by atoms with E-state index in [2.05, 4.69) is 22.6 Å². The fourth-order valence-corrected chi connectivity index (χ4v) is 1.36. The second kappa shape index (κ2) is 4.57. The highest BCUT2D eigenvalue weighted by Crippen LogP contribution is 2.23. The van der Waals surface area contributed by atoms with Crippen molar-refractivity contribution in [3.8, 4) is 0 Å². The van der Waals surface area contributed by atoms with Crippen LogP contribution >= 0.6 is 22.6 Å². The number of hydrogen-bond acceptors (Lipinski definition) is 2. The van der Waals surface area contributed by atoms with E-state index < -0.39 is 5.91 Å². The molecule has 0 saturated carbocycles. The fraction of sp³-hybridized carbons (Fsp3) is 0.222. The maximum absolute atomic E-state index is 10.8. The third-order valence-electron chi connectivity index (χ3n) is 1.64. The molecule has 1 rings (SSSR count). The SMILES string of the molecule is COC(I)c1cccc(C(N)=O)c1. The van der Waals surface area contributed by atoms with Crippen LogP contribution in [0.15, 0.2) is 24.3 Å². The summed E-state index contributed by atoms with van der Waals surface area (Å²) in [4.78, 5) is 10.8. The number of ether oxygens (including phenoxy) is 1. The number of carbonyl (C=O) groups is 1. The first kappa shape index (κ1) is 10.5. The van der Waals surface area contributed by atoms with Gasteiger partial charge < -0.3 is 10.5 Å². The molecule has 0 heterocycles. The van der Waals surface area contributed by atoms with Crippen LogP contribution in [0.5, 0.6) is 0 Å². The van der Waals surface area contributed by atoms with Crippen molar-refractivity contribution < 1.29 is 9.53 Å². The molecule has 1 amide bonds. The van der Waals surface area contributed by atoms with Gasteiger partial charge >= 0.3 is 0 Å². The highest BCUT2D eigenvalue weighted by atomic mass is 127. The van der Waals surface area contributed by atoms with Gasteiger partial charge in [0.2, 0.25) is 5.91 Å². The Morgan fingerprint density at radius 1 is 1.62 bits per heavy atom. The molecule has 2 N–H and O–H groups in total. The summed E-state index contributed by atoms with van der Waals surface area (Å²) < 4.78 is 5.06. The number of nitrogens with two attached hydrogens (primary N) is 1. The Kier molecular flexibility index (Phi) is 3.68. The van der Waals surface area contributed by atoms with Gasteiger partial charge in [0, 0.05) is 12.7 Å². The van der Waals surface area contributed by atoms with Gasteiger partial charge in [-0.2, -0.15) is 0 Å². The van der Waals surface area contributed by atoms with Gasteiger partial charge in [0.15, 0.2) is 0 Å². The van der Waals surface area contributed by atoms with E-state index in [4.69, 9.17) is 10.5 Å². The van der Waals surface area contributed by atoms with Crippen molar-refractivity contribution >= 4 is 28.5 Å². The second-order valence-electron chi connectivity index (χ2n) is 2.54. The van der Waals surface area contributed by atoms with Crippen LogP contribution in [-0.4, -0.2) is 13.0 Å². The van der Waals surface area contributed by atoms with E-state index in [1.54, 1.807) is 25.3 Å². The van der Waals surface area contributed by atoms with Gasteiger partial charge in [0.25, 0.3) is 0 Å². The summed E-state index contributed by atoms with van der Waals surface area (Å²) in [5.41, 5.74) is 6.60. The number of primary amides is 1. The standard InChI is InChI=1S/C9H10INO2/c1-13-8(10)6-3-2-4-7(5-6)9(11)12/h2-5,8H,1H3,(H2,11,12). The monoisotopic (exact) mass is 291 g/mol. The summed E-state index contributed by atoms with van der Waals surface area (Å²) in [7, 11) is 1.62. The summed E-state index contributed by atoms with van der Waals surface area (Å²) in [6.45, 7) is 0. The Labute approximate surface area is 90.4 Å². The molecule has 1 atom stereocenters. The Morgan fingerprint density at radius 2 is 2.31 bits per heavy atom. The van der Waals surface area contributed by atoms with Crippen molar-refractivity contribution in [1.29, 1.82) is 0 Å². The molecule has 0 saturated heterocycles. The van der Waals surface area contributed by atoms with Gasteiger partial charge in [-0.3, -0.25) is 4.79 Å². The predicted octanol–water partition coefficient (Wildman–Crippen LogP) is 1.87. The minimum Gasteiger partial charge on any atom is -0.366 e. The molecule has 70 valence electrons. The van der Waals surface area contributed by atoms with Gasteiger partial charge in [-0.25, -0.2) is 0 Å². The van der Waals surface area contributed by atoms with Crippen LogP contribution in [0.1, 0.15) is 20.0 Å². The van der Waals surface area contributed by atoms with Crippen molar-refractivity contribution in [3.63, 3.8) is 0 Å². The normalized spacial score (nSPS) is 12.5. The summed E-state index contributed by atoms with van der Waals surface area (Å²) in [5.74, 6) is -0.415. The van der Waals surface area contributed by atoms with Crippen LogP contribution < -0.4 is 5.73 Å². The lowest BCUT2D eigenvalue weighted by atomic mass is 10.1. The molecule has 0 aliphatic rings. The lowest BCUT2D eigenvalue weighted by Gasteiger charge is -2.08. The number of carbonyl (C=O) groups excluding carboxylic acids is 1. The predicted molar refractivity (Wildman–Crippen MR) is 58.7 cm³/mol. The molecule has 0 aromatic heterocycles. The van der Waals surface area contributed by atoms with Crippen LogP contribution in [0.2, 0.25) is 0 Å². The third-order valence-corrected chi connectivity index (χ3v) is 2.87. The molecule has 4 heteroatoms. The first-order chi connectivity index (χ1) is 6.15. The zero-order chi connectivity index (χ0) is 9.84. The van der Waals surface area contributed by atoms with E-state index in [-0.39, 0.29) is 4.11 Å². The summed E-state index contributed by atoms with van der Waals surface area (Å²) in [6, 6.07) is 7.11. The highest BCUT2D eigenvalue weighted by Gasteiger charge is 2.07. The van der Waals surface area contributed by atoms with E-state index in [1.165, 1.54) is 0 Å². The van der Waals surface area contributed by atoms with Crippen molar-refractivity contribution in [2.45, 2.75) is 4.11 Å². The maximum atomic E-state index is 10.8. The average molecular weight is 291 g/mol. The average Bonchev–Trinajstić information content (AvgIpc) is 2.17. The molecule has 13 heavy (non-hydrogen) atoms. The van der Waals surface area contributed by atoms with Gasteiger partial charge in [0.05, 0.1) is 0 Å². The molecule has 0 fully saturated rings. The Hall–Kier alpha value is -0.620. The maximum Gasteiger partial charge on any atom is 0.248 e. The van der Waals surface area contributed by atoms with Gasteiger partial charge in [-0.1, -0.05) is 12.1 Å². The van der Waals surface area contributed by atoms with Crippen LogP contribution in [0.4, 0.5) is 0 Å². The quantitative estimate of drug-likeness (QED) is 0.682. The molecule has 3 nitrogen and oxygen atoms in total. The van der Waals surface area contributed by atoms with Gasteiger partial charge in [0.1, 0.15) is 4.11 Å². The molecule has 1 aromatic rings. The van der Waals surface area contributed by atoms with Crippen molar-refractivity contribution in [2.75, 3.05) is 7.11 Å². The lowest BCUT2D eigenvalue weighted by molar-refractivity contribution is 0.1000. The molecule has 0 spiro atoms. The first-order valence-electron chi connectivity index (χ1n) is 3.72. The number of alkyl halides is 1. The second-order valence-corrected chi connectivity index (χ2v) is 3.67. The minimum atomic E-state index is -0.415. The lowest BCUT2D eigenvalue weighted by Crippen LogP contribution is -2.11. The number of amides is 1. The molecule has 0 aliphatic carbocycles. The number of rotatable bonds is 3. The molecular weight excluding hydrogens is 281 g/mol. The fourth-order valence-electron chi connectivity index (χ4n) is 0.969. The molecule has 1 aromatic carbocycles. The number of methoxy groups -OCH3 is 1. The van der Waals surface area contributed by atoms with Crippen LogP contribution in [0.25, 0.3) is 0 Å². The highest BCUT2D eigenvalue weighted by molar-refractivity contribution is 14.1. The van der Waals surface area contributed by atoms with Crippen molar-refractivity contribution in [3.05, 3.63) is 35.4 Å². The van der Waals surface area contributed by atoms with Crippen LogP contribution in [0.3, 0.4) is 0 Å². The van der Waals surface area contributed by atoms with E-state index in [0.29, 0.717) is 5.56 Å². The summed E-state index contributed by atoms with van der Waals surface area (Å²) in [5, 5.41) is 0. The van der Waals surface area contributed by atoms with Crippen LogP contribution in [-0.2, 0) is 4.74 Å². The largest absolute Gasteiger partial charge is 0.366 e. The smallest absolute Gasteiger partial charge is 0.248 e. The third kappa shape index (κ3) is 2.67. The zero-order valence-corrected chi connectivity index (χ0v) is 9.32. The minimum absolute atomic E-state index is 0.0445. The van der Waals surface area contributed by atoms with E-state index >= 15 is 0 Å². The Morgan fingerprint density at radius 3 is 2.85 bits per heavy atom. The molecule has 0 radical (unpaired) electrons. The van der Waals surface area contributed by atoms with Crippen molar-refractivity contribution in [2.24, 2.45) is 5.73 Å². The topological polar surface area (TPSA) is 52.3 Å². The number of benzene rings is 1. The first-order valence-corrected chi connectivity index (χ1v) is 4.96. The molecule has 1 unspecified atom stereocenters. The van der Waals surface area contributed by atoms with E-state index in [1.807, 2.05) is 6.07 Å². The zero-order valence-electron chi connectivity index (χ0n) is 7.16. The number of halogens is 1.